The van der Waals surface area contributed by atoms with Crippen LogP contribution in [0.2, 0.25) is 0 Å². The molecule has 1 aromatic carbocycles. The highest BCUT2D eigenvalue weighted by molar-refractivity contribution is 14.0. The third-order valence-corrected chi connectivity index (χ3v) is 6.62. The number of aliphatic imine (C=N–C) groups is 1. The van der Waals surface area contributed by atoms with Crippen LogP contribution in [0.4, 0.5) is 0 Å². The first-order valence-electron chi connectivity index (χ1n) is 9.30. The number of hydrogen-bond donors (Lipinski definition) is 2. The Morgan fingerprint density at radius 3 is 2.30 bits per heavy atom. The molecule has 0 heterocycles. The molecule has 27 heavy (non-hydrogen) atoms. The topological polar surface area (TPSA) is 73.8 Å². The number of rotatable bonds is 6. The molecule has 0 aliphatic heterocycles. The number of nitrogens with zero attached hydrogens (tertiary/aromatic N) is 2. The number of benzene rings is 1. The predicted octanol–water partition coefficient (Wildman–Crippen LogP) is 3.05. The van der Waals surface area contributed by atoms with Gasteiger partial charge in [0.1, 0.15) is 0 Å². The Morgan fingerprint density at radius 2 is 1.78 bits per heavy atom. The molecular weight excluding hydrogens is 475 g/mol. The molecule has 0 saturated heterocycles. The van der Waals surface area contributed by atoms with Gasteiger partial charge in [-0.25, -0.2) is 13.1 Å². The van der Waals surface area contributed by atoms with Crippen molar-refractivity contribution in [3.05, 3.63) is 29.8 Å². The summed E-state index contributed by atoms with van der Waals surface area (Å²) in [7, 11) is 1.90. The van der Waals surface area contributed by atoms with Gasteiger partial charge >= 0.3 is 0 Å². The van der Waals surface area contributed by atoms with E-state index < -0.39 is 10.0 Å². The monoisotopic (exact) mass is 508 g/mol. The second-order valence-electron chi connectivity index (χ2n) is 7.26. The lowest BCUT2D eigenvalue weighted by atomic mass is 9.83. The van der Waals surface area contributed by atoms with Gasteiger partial charge in [0.15, 0.2) is 5.96 Å². The molecule has 0 bridgehead atoms. The van der Waals surface area contributed by atoms with Crippen LogP contribution in [0.25, 0.3) is 0 Å². The van der Waals surface area contributed by atoms with E-state index in [9.17, 15) is 8.42 Å². The third kappa shape index (κ3) is 7.23. The van der Waals surface area contributed by atoms with Crippen LogP contribution in [0.15, 0.2) is 34.2 Å². The van der Waals surface area contributed by atoms with Gasteiger partial charge in [-0.3, -0.25) is 4.99 Å². The van der Waals surface area contributed by atoms with Crippen LogP contribution in [0.1, 0.15) is 38.2 Å². The predicted molar refractivity (Wildman–Crippen MR) is 122 cm³/mol. The number of sulfonamides is 1. The van der Waals surface area contributed by atoms with Gasteiger partial charge < -0.3 is 10.2 Å². The van der Waals surface area contributed by atoms with Crippen molar-refractivity contribution in [3.8, 4) is 0 Å². The highest BCUT2D eigenvalue weighted by Crippen LogP contribution is 2.28. The zero-order valence-electron chi connectivity index (χ0n) is 16.7. The molecule has 2 rings (SSSR count). The smallest absolute Gasteiger partial charge is 0.240 e. The summed E-state index contributed by atoms with van der Waals surface area (Å²) in [5.41, 5.74) is 1.01. The van der Waals surface area contributed by atoms with Gasteiger partial charge in [-0.05, 0) is 49.4 Å². The largest absolute Gasteiger partial charge is 0.352 e. The molecule has 8 heteroatoms. The molecule has 0 amide bonds. The molecule has 154 valence electrons. The molecule has 1 aromatic rings. The minimum atomic E-state index is -3.39. The second kappa shape index (κ2) is 11.2. The summed E-state index contributed by atoms with van der Waals surface area (Å²) in [6.07, 6.45) is 5.24. The van der Waals surface area contributed by atoms with E-state index in [1.165, 1.54) is 32.7 Å². The molecule has 0 atom stereocenters. The van der Waals surface area contributed by atoms with Crippen LogP contribution in [0.5, 0.6) is 0 Å². The first-order chi connectivity index (χ1) is 12.4. The summed E-state index contributed by atoms with van der Waals surface area (Å²) in [5.74, 6) is 2.47. The number of nitrogens with one attached hydrogen (secondary N) is 2. The Balaban J connectivity index is 0.00000364. The minimum Gasteiger partial charge on any atom is -0.352 e. The summed E-state index contributed by atoms with van der Waals surface area (Å²) < 4.78 is 25.9. The fourth-order valence-corrected chi connectivity index (χ4v) is 4.19. The minimum absolute atomic E-state index is 0. The fraction of sp³-hybridized carbons (Fsp3) is 0.632. The van der Waals surface area contributed by atoms with Crippen LogP contribution in [-0.4, -0.2) is 47.0 Å². The van der Waals surface area contributed by atoms with E-state index in [1.54, 1.807) is 19.2 Å². The van der Waals surface area contributed by atoms with E-state index in [0.717, 1.165) is 29.9 Å². The molecule has 6 nitrogen and oxygen atoms in total. The van der Waals surface area contributed by atoms with E-state index in [0.29, 0.717) is 6.54 Å². The van der Waals surface area contributed by atoms with Crippen molar-refractivity contribution in [2.45, 2.75) is 44.0 Å². The number of halogens is 1. The Kier molecular flexibility index (Phi) is 10.0. The number of guanidine groups is 1. The van der Waals surface area contributed by atoms with E-state index in [2.05, 4.69) is 33.9 Å². The Hall–Kier alpha value is -0.870. The van der Waals surface area contributed by atoms with Crippen LogP contribution >= 0.6 is 24.0 Å². The van der Waals surface area contributed by atoms with Crippen molar-refractivity contribution in [2.24, 2.45) is 16.8 Å². The first-order valence-corrected chi connectivity index (χ1v) is 10.8. The Labute approximate surface area is 181 Å². The van der Waals surface area contributed by atoms with Crippen molar-refractivity contribution in [1.29, 1.82) is 0 Å². The molecule has 1 aliphatic carbocycles. The Morgan fingerprint density at radius 1 is 1.19 bits per heavy atom. The molecule has 0 spiro atoms. The maximum atomic E-state index is 11.8. The molecule has 0 aromatic heterocycles. The summed E-state index contributed by atoms with van der Waals surface area (Å²) in [6.45, 7) is 3.97. The molecule has 0 unspecified atom stereocenters. The van der Waals surface area contributed by atoms with Crippen molar-refractivity contribution in [3.63, 3.8) is 0 Å². The lowest BCUT2D eigenvalue weighted by Gasteiger charge is -2.31. The summed E-state index contributed by atoms with van der Waals surface area (Å²) in [5, 5.41) is 3.37. The quantitative estimate of drug-likeness (QED) is 0.352. The maximum absolute atomic E-state index is 11.8. The van der Waals surface area contributed by atoms with Crippen molar-refractivity contribution < 1.29 is 8.42 Å². The van der Waals surface area contributed by atoms with Gasteiger partial charge in [0.2, 0.25) is 10.0 Å². The molecule has 2 N–H and O–H groups in total. The third-order valence-electron chi connectivity index (χ3n) is 5.19. The molecule has 1 fully saturated rings. The van der Waals surface area contributed by atoms with E-state index >= 15 is 0 Å². The van der Waals surface area contributed by atoms with Gasteiger partial charge in [-0.15, -0.1) is 24.0 Å². The average Bonchev–Trinajstić information content (AvgIpc) is 2.64. The zero-order chi connectivity index (χ0) is 19.2. The highest BCUT2D eigenvalue weighted by atomic mass is 127. The van der Waals surface area contributed by atoms with E-state index in [1.807, 2.05) is 12.1 Å². The normalized spacial score (nSPS) is 20.7. The second-order valence-corrected chi connectivity index (χ2v) is 9.15. The molecule has 1 saturated carbocycles. The summed E-state index contributed by atoms with van der Waals surface area (Å²) in [4.78, 5) is 6.85. The first kappa shape index (κ1) is 24.2. The van der Waals surface area contributed by atoms with Crippen LogP contribution in [-0.2, 0) is 16.6 Å². The maximum Gasteiger partial charge on any atom is 0.240 e. The average molecular weight is 508 g/mol. The van der Waals surface area contributed by atoms with Gasteiger partial charge in [-0.1, -0.05) is 31.9 Å². The lowest BCUT2D eigenvalue weighted by molar-refractivity contribution is 0.250. The molecular formula is C19H33IN4O2S. The van der Waals surface area contributed by atoms with Crippen molar-refractivity contribution in [1.82, 2.24) is 14.9 Å². The van der Waals surface area contributed by atoms with Crippen LogP contribution in [0.3, 0.4) is 0 Å². The van der Waals surface area contributed by atoms with E-state index in [-0.39, 0.29) is 28.9 Å². The zero-order valence-corrected chi connectivity index (χ0v) is 19.9. The summed E-state index contributed by atoms with van der Waals surface area (Å²) in [6, 6.07) is 6.90. The standard InChI is InChI=1S/C19H32N4O2S.HI/c1-15-5-7-17(8-6-15)14-23(4)19(20-2)22-13-16-9-11-18(12-10-16)26(24,25)21-3;/h9-12,15,17,21H,5-8,13-14H2,1-4H3,(H,20,22);1H. The van der Waals surface area contributed by atoms with Crippen molar-refractivity contribution >= 4 is 40.0 Å². The van der Waals surface area contributed by atoms with Crippen molar-refractivity contribution in [2.75, 3.05) is 27.7 Å². The van der Waals surface area contributed by atoms with Gasteiger partial charge in [0.25, 0.3) is 0 Å². The fourth-order valence-electron chi connectivity index (χ4n) is 3.46. The van der Waals surface area contributed by atoms with E-state index in [4.69, 9.17) is 0 Å². The van der Waals surface area contributed by atoms with Crippen LogP contribution < -0.4 is 10.0 Å². The molecule has 0 radical (unpaired) electrons. The van der Waals surface area contributed by atoms with Gasteiger partial charge in [-0.2, -0.15) is 0 Å². The lowest BCUT2D eigenvalue weighted by Crippen LogP contribution is -2.41. The van der Waals surface area contributed by atoms with Gasteiger partial charge in [0, 0.05) is 27.2 Å². The molecule has 1 aliphatic rings. The highest BCUT2D eigenvalue weighted by Gasteiger charge is 2.20. The SMILES string of the molecule is CN=C(NCc1ccc(S(=O)(=O)NC)cc1)N(C)CC1CCC(C)CC1.I. The van der Waals surface area contributed by atoms with Gasteiger partial charge in [0.05, 0.1) is 4.90 Å². The van der Waals surface area contributed by atoms with Crippen LogP contribution in [0, 0.1) is 11.8 Å². The summed E-state index contributed by atoms with van der Waals surface area (Å²) >= 11 is 0. The Bertz CT molecular complexity index is 699. The number of hydrogen-bond acceptors (Lipinski definition) is 3.